The first-order valence-electron chi connectivity index (χ1n) is 7.61. The predicted octanol–water partition coefficient (Wildman–Crippen LogP) is 2.31. The number of aryl methyl sites for hydroxylation is 2. The van der Waals surface area contributed by atoms with Crippen molar-refractivity contribution in [2.75, 3.05) is 20.1 Å². The van der Waals surface area contributed by atoms with Crippen LogP contribution in [0.1, 0.15) is 30.9 Å². The van der Waals surface area contributed by atoms with Gasteiger partial charge in [-0.25, -0.2) is 8.42 Å². The van der Waals surface area contributed by atoms with Crippen LogP contribution in [0.15, 0.2) is 23.1 Å². The molecule has 0 amide bonds. The summed E-state index contributed by atoms with van der Waals surface area (Å²) in [5.41, 5.74) is 2.14. The summed E-state index contributed by atoms with van der Waals surface area (Å²) < 4.78 is 27.0. The summed E-state index contributed by atoms with van der Waals surface area (Å²) in [6, 6.07) is 5.84. The summed E-state index contributed by atoms with van der Waals surface area (Å²) in [7, 11) is -1.38. The van der Waals surface area contributed by atoms with Gasteiger partial charge < -0.3 is 5.32 Å². The first kappa shape index (κ1) is 16.5. The molecule has 4 nitrogen and oxygen atoms in total. The van der Waals surface area contributed by atoms with E-state index in [1.165, 1.54) is 0 Å². The van der Waals surface area contributed by atoms with Crippen molar-refractivity contribution in [2.24, 2.45) is 5.92 Å². The fraction of sp³-hybridized carbons (Fsp3) is 0.625. The van der Waals surface area contributed by atoms with Crippen molar-refractivity contribution in [1.29, 1.82) is 0 Å². The number of rotatable bonds is 4. The Hall–Kier alpha value is -0.910. The predicted molar refractivity (Wildman–Crippen MR) is 85.9 cm³/mol. The summed E-state index contributed by atoms with van der Waals surface area (Å²) >= 11 is 0. The molecule has 1 fully saturated rings. The van der Waals surface area contributed by atoms with Crippen molar-refractivity contribution >= 4 is 10.0 Å². The quantitative estimate of drug-likeness (QED) is 0.928. The summed E-state index contributed by atoms with van der Waals surface area (Å²) in [6.45, 7) is 7.35. The first-order valence-corrected chi connectivity index (χ1v) is 9.05. The molecule has 0 saturated carbocycles. The number of nitrogens with zero attached hydrogens (tertiary/aromatic N) is 1. The number of piperidine rings is 1. The molecule has 1 N–H and O–H groups in total. The van der Waals surface area contributed by atoms with Crippen LogP contribution < -0.4 is 5.32 Å². The van der Waals surface area contributed by atoms with Crippen molar-refractivity contribution < 1.29 is 8.42 Å². The molecule has 118 valence electrons. The Balaban J connectivity index is 2.13. The molecule has 0 spiro atoms. The minimum absolute atomic E-state index is 0.422. The van der Waals surface area contributed by atoms with Crippen LogP contribution in [-0.2, 0) is 10.0 Å². The van der Waals surface area contributed by atoms with Crippen LogP contribution >= 0.6 is 0 Å². The molecule has 1 aromatic rings. The van der Waals surface area contributed by atoms with E-state index in [0.717, 1.165) is 24.0 Å². The maximum atomic E-state index is 12.7. The minimum Gasteiger partial charge on any atom is -0.317 e. The Kier molecular flexibility index (Phi) is 5.07. The maximum absolute atomic E-state index is 12.7. The Bertz CT molecular complexity index is 590. The van der Waals surface area contributed by atoms with Crippen molar-refractivity contribution in [3.05, 3.63) is 29.3 Å². The normalized spacial score (nSPS) is 19.6. The van der Waals surface area contributed by atoms with Crippen LogP contribution in [0.4, 0.5) is 0 Å². The third kappa shape index (κ3) is 3.47. The van der Waals surface area contributed by atoms with Gasteiger partial charge in [-0.2, -0.15) is 4.31 Å². The van der Waals surface area contributed by atoms with Gasteiger partial charge in [0.05, 0.1) is 4.90 Å². The first-order chi connectivity index (χ1) is 9.86. The monoisotopic (exact) mass is 310 g/mol. The highest BCUT2D eigenvalue weighted by atomic mass is 32.2. The number of hydrogen-bond acceptors (Lipinski definition) is 3. The third-order valence-electron chi connectivity index (χ3n) is 4.78. The zero-order chi connectivity index (χ0) is 15.6. The van der Waals surface area contributed by atoms with E-state index in [9.17, 15) is 8.42 Å². The van der Waals surface area contributed by atoms with E-state index >= 15 is 0 Å². The summed E-state index contributed by atoms with van der Waals surface area (Å²) in [6.07, 6.45) is 1.85. The molecule has 1 saturated heterocycles. The van der Waals surface area contributed by atoms with Crippen molar-refractivity contribution in [2.45, 2.75) is 44.6 Å². The molecule has 1 atom stereocenters. The molecular formula is C16H26N2O2S. The molecule has 5 heteroatoms. The van der Waals surface area contributed by atoms with E-state index in [-0.39, 0.29) is 0 Å². The van der Waals surface area contributed by atoms with E-state index < -0.39 is 10.0 Å². The number of benzene rings is 1. The average Bonchev–Trinajstić information content (AvgIpc) is 2.49. The molecule has 21 heavy (non-hydrogen) atoms. The lowest BCUT2D eigenvalue weighted by atomic mass is 9.91. The molecule has 2 rings (SSSR count). The molecule has 0 aliphatic carbocycles. The smallest absolute Gasteiger partial charge is 0.243 e. The maximum Gasteiger partial charge on any atom is 0.243 e. The molecule has 1 heterocycles. The molecule has 0 bridgehead atoms. The zero-order valence-electron chi connectivity index (χ0n) is 13.4. The molecule has 0 radical (unpaired) electrons. The number of nitrogens with one attached hydrogen (secondary N) is 1. The topological polar surface area (TPSA) is 49.4 Å². The molecule has 1 aliphatic heterocycles. The molecule has 1 aromatic carbocycles. The van der Waals surface area contributed by atoms with Gasteiger partial charge in [0.15, 0.2) is 0 Å². The molecule has 1 aliphatic rings. The lowest BCUT2D eigenvalue weighted by Crippen LogP contribution is -2.43. The second-order valence-electron chi connectivity index (χ2n) is 6.06. The summed E-state index contributed by atoms with van der Waals surface area (Å²) in [5.74, 6) is 0.557. The van der Waals surface area contributed by atoms with Gasteiger partial charge in [-0.3, -0.25) is 0 Å². The van der Waals surface area contributed by atoms with Crippen molar-refractivity contribution in [1.82, 2.24) is 9.62 Å². The van der Waals surface area contributed by atoms with Gasteiger partial charge in [-0.15, -0.1) is 0 Å². The zero-order valence-corrected chi connectivity index (χ0v) is 14.2. The second kappa shape index (κ2) is 6.46. The van der Waals surface area contributed by atoms with Crippen LogP contribution in [0.2, 0.25) is 0 Å². The van der Waals surface area contributed by atoms with Gasteiger partial charge >= 0.3 is 0 Å². The lowest BCUT2D eigenvalue weighted by molar-refractivity contribution is 0.236. The Morgan fingerprint density at radius 1 is 1.19 bits per heavy atom. The van der Waals surface area contributed by atoms with E-state index in [2.05, 4.69) is 12.2 Å². The van der Waals surface area contributed by atoms with E-state index in [0.29, 0.717) is 29.9 Å². The van der Waals surface area contributed by atoms with Crippen LogP contribution in [0.3, 0.4) is 0 Å². The number of sulfonamides is 1. The summed E-state index contributed by atoms with van der Waals surface area (Å²) in [4.78, 5) is 0.422. The van der Waals surface area contributed by atoms with Gasteiger partial charge in [0.1, 0.15) is 0 Å². The highest BCUT2D eigenvalue weighted by Crippen LogP contribution is 2.26. The highest BCUT2D eigenvalue weighted by Gasteiger charge is 2.31. The van der Waals surface area contributed by atoms with Gasteiger partial charge in [-0.05, 0) is 69.8 Å². The fourth-order valence-corrected chi connectivity index (χ4v) is 4.43. The SMILES string of the molecule is CNC(C)C1CCN(S(=O)(=O)c2ccc(C)c(C)c2)CC1. The lowest BCUT2D eigenvalue weighted by Gasteiger charge is -2.34. The number of hydrogen-bond donors (Lipinski definition) is 1. The van der Waals surface area contributed by atoms with Crippen molar-refractivity contribution in [3.63, 3.8) is 0 Å². The largest absolute Gasteiger partial charge is 0.317 e. The second-order valence-corrected chi connectivity index (χ2v) is 8.00. The third-order valence-corrected chi connectivity index (χ3v) is 6.67. The van der Waals surface area contributed by atoms with Gasteiger partial charge in [0, 0.05) is 19.1 Å². The van der Waals surface area contributed by atoms with Crippen LogP contribution in [0.5, 0.6) is 0 Å². The molecular weight excluding hydrogens is 284 g/mol. The minimum atomic E-state index is -3.34. The fourth-order valence-electron chi connectivity index (χ4n) is 2.88. The van der Waals surface area contributed by atoms with E-state index in [1.807, 2.05) is 27.0 Å². The van der Waals surface area contributed by atoms with E-state index in [1.54, 1.807) is 16.4 Å². The molecule has 0 aromatic heterocycles. The van der Waals surface area contributed by atoms with Crippen molar-refractivity contribution in [3.8, 4) is 0 Å². The Labute approximate surface area is 128 Å². The summed E-state index contributed by atoms with van der Waals surface area (Å²) in [5, 5.41) is 3.27. The van der Waals surface area contributed by atoms with Gasteiger partial charge in [0.2, 0.25) is 10.0 Å². The molecule has 1 unspecified atom stereocenters. The van der Waals surface area contributed by atoms with E-state index in [4.69, 9.17) is 0 Å². The van der Waals surface area contributed by atoms with Crippen LogP contribution in [-0.4, -0.2) is 38.9 Å². The highest BCUT2D eigenvalue weighted by molar-refractivity contribution is 7.89. The standard InChI is InChI=1S/C16H26N2O2S/c1-12-5-6-16(11-13(12)2)21(19,20)18-9-7-15(8-10-18)14(3)17-4/h5-6,11,14-15,17H,7-10H2,1-4H3. The Morgan fingerprint density at radius 2 is 1.81 bits per heavy atom. The van der Waals surface area contributed by atoms with Gasteiger partial charge in [0.25, 0.3) is 0 Å². The van der Waals surface area contributed by atoms with Gasteiger partial charge in [-0.1, -0.05) is 6.07 Å². The van der Waals surface area contributed by atoms with Crippen LogP contribution in [0.25, 0.3) is 0 Å². The van der Waals surface area contributed by atoms with Crippen LogP contribution in [0, 0.1) is 19.8 Å². The average molecular weight is 310 g/mol. The Morgan fingerprint density at radius 3 is 2.33 bits per heavy atom.